The molecule has 2 amide bonds. The van der Waals surface area contributed by atoms with Crippen LogP contribution in [0.1, 0.15) is 10.4 Å². The number of fused-ring (bicyclic) bond motifs is 2. The third-order valence-electron chi connectivity index (χ3n) is 5.40. The summed E-state index contributed by atoms with van der Waals surface area (Å²) >= 11 is 0. The van der Waals surface area contributed by atoms with Crippen LogP contribution in [0.5, 0.6) is 11.6 Å². The molecule has 3 N–H and O–H groups in total. The van der Waals surface area contributed by atoms with Gasteiger partial charge in [0.2, 0.25) is 11.8 Å². The number of nitrogens with zero attached hydrogens (tertiary/aromatic N) is 1. The summed E-state index contributed by atoms with van der Waals surface area (Å²) in [5, 5.41) is 4.46. The smallest absolute Gasteiger partial charge is 0.252 e. The van der Waals surface area contributed by atoms with Gasteiger partial charge in [0.15, 0.2) is 0 Å². The number of nitrogens with one attached hydrogen (secondary N) is 1. The molecule has 27 heavy (non-hydrogen) atoms. The van der Waals surface area contributed by atoms with Crippen molar-refractivity contribution in [1.82, 2.24) is 10.3 Å². The molecule has 1 saturated heterocycles. The molecule has 2 aromatic rings. The molecule has 1 saturated carbocycles. The van der Waals surface area contributed by atoms with Crippen molar-refractivity contribution in [3.05, 3.63) is 30.0 Å². The summed E-state index contributed by atoms with van der Waals surface area (Å²) in [7, 11) is 3.12. The predicted octanol–water partition coefficient (Wildman–Crippen LogP) is 0.728. The summed E-state index contributed by atoms with van der Waals surface area (Å²) in [4.78, 5) is 27.9. The number of hydrogen-bond donors (Lipinski definition) is 2. The van der Waals surface area contributed by atoms with Gasteiger partial charge in [0, 0.05) is 30.5 Å². The van der Waals surface area contributed by atoms with Crippen LogP contribution in [-0.4, -0.2) is 50.3 Å². The first-order valence-corrected chi connectivity index (χ1v) is 8.73. The second-order valence-corrected chi connectivity index (χ2v) is 6.90. The first-order valence-electron chi connectivity index (χ1n) is 8.73. The van der Waals surface area contributed by atoms with E-state index in [1.807, 2.05) is 0 Å². The third-order valence-corrected chi connectivity index (χ3v) is 5.40. The van der Waals surface area contributed by atoms with Crippen molar-refractivity contribution in [2.45, 2.75) is 6.04 Å². The van der Waals surface area contributed by atoms with Gasteiger partial charge < -0.3 is 25.3 Å². The first-order chi connectivity index (χ1) is 13.0. The third kappa shape index (κ3) is 2.95. The lowest BCUT2D eigenvalue weighted by Crippen LogP contribution is -2.37. The SMILES string of the molecule is COC[C@H]1C2[C@@H](COc3nccc4cc(C(N)=O)c(OC)cc34)NC(=O)[C@@H]21. The summed E-state index contributed by atoms with van der Waals surface area (Å²) in [5.74, 6) is 0.810. The van der Waals surface area contributed by atoms with E-state index in [2.05, 4.69) is 10.3 Å². The molecule has 4 atom stereocenters. The molecule has 8 nitrogen and oxygen atoms in total. The molecule has 1 unspecified atom stereocenters. The van der Waals surface area contributed by atoms with Crippen molar-refractivity contribution >= 4 is 22.6 Å². The van der Waals surface area contributed by atoms with Gasteiger partial charge in [-0.25, -0.2) is 4.98 Å². The van der Waals surface area contributed by atoms with Crippen LogP contribution in [0.3, 0.4) is 0 Å². The van der Waals surface area contributed by atoms with Gasteiger partial charge in [-0.15, -0.1) is 0 Å². The van der Waals surface area contributed by atoms with Gasteiger partial charge >= 0.3 is 0 Å². The van der Waals surface area contributed by atoms with Gasteiger partial charge in [0.05, 0.1) is 25.3 Å². The number of nitrogens with two attached hydrogens (primary N) is 1. The fourth-order valence-corrected chi connectivity index (χ4v) is 4.07. The fourth-order valence-electron chi connectivity index (χ4n) is 4.07. The highest BCUT2D eigenvalue weighted by Gasteiger charge is 2.63. The molecule has 2 heterocycles. The number of benzene rings is 1. The van der Waals surface area contributed by atoms with Crippen molar-refractivity contribution in [3.63, 3.8) is 0 Å². The number of piperidine rings is 1. The zero-order chi connectivity index (χ0) is 19.1. The quantitative estimate of drug-likeness (QED) is 0.742. The normalized spacial score (nSPS) is 25.8. The second-order valence-electron chi connectivity index (χ2n) is 6.90. The van der Waals surface area contributed by atoms with Gasteiger partial charge in [-0.1, -0.05) is 0 Å². The van der Waals surface area contributed by atoms with Crippen LogP contribution in [0.4, 0.5) is 0 Å². The zero-order valence-corrected chi connectivity index (χ0v) is 15.1. The molecule has 1 aliphatic heterocycles. The lowest BCUT2D eigenvalue weighted by atomic mass is 10.1. The highest BCUT2D eigenvalue weighted by molar-refractivity contribution is 6.01. The van der Waals surface area contributed by atoms with Crippen LogP contribution in [0.2, 0.25) is 0 Å². The zero-order valence-electron chi connectivity index (χ0n) is 15.1. The summed E-state index contributed by atoms with van der Waals surface area (Å²) in [6, 6.07) is 5.07. The Morgan fingerprint density at radius 2 is 2.11 bits per heavy atom. The van der Waals surface area contributed by atoms with Crippen LogP contribution in [-0.2, 0) is 9.53 Å². The molecule has 142 valence electrons. The van der Waals surface area contributed by atoms with Crippen LogP contribution in [0.25, 0.3) is 10.8 Å². The van der Waals surface area contributed by atoms with Crippen LogP contribution >= 0.6 is 0 Å². The largest absolute Gasteiger partial charge is 0.496 e. The molecule has 0 spiro atoms. The van der Waals surface area contributed by atoms with E-state index in [1.165, 1.54) is 7.11 Å². The molecule has 2 fully saturated rings. The highest BCUT2D eigenvalue weighted by atomic mass is 16.5. The van der Waals surface area contributed by atoms with E-state index >= 15 is 0 Å². The molecule has 0 radical (unpaired) electrons. The van der Waals surface area contributed by atoms with Crippen molar-refractivity contribution in [3.8, 4) is 11.6 Å². The van der Waals surface area contributed by atoms with Gasteiger partial charge in [0.1, 0.15) is 12.4 Å². The Labute approximate surface area is 156 Å². The Morgan fingerprint density at radius 1 is 1.30 bits per heavy atom. The van der Waals surface area contributed by atoms with E-state index in [0.717, 1.165) is 5.39 Å². The maximum Gasteiger partial charge on any atom is 0.252 e. The summed E-state index contributed by atoms with van der Waals surface area (Å²) < 4.78 is 16.4. The lowest BCUT2D eigenvalue weighted by Gasteiger charge is -2.17. The molecule has 1 aliphatic carbocycles. The van der Waals surface area contributed by atoms with Gasteiger partial charge in [-0.3, -0.25) is 9.59 Å². The molecule has 0 bridgehead atoms. The second kappa shape index (κ2) is 6.70. The van der Waals surface area contributed by atoms with Gasteiger partial charge in [-0.2, -0.15) is 0 Å². The minimum absolute atomic E-state index is 0.0252. The number of hydrogen-bond acceptors (Lipinski definition) is 6. The number of aromatic nitrogens is 1. The highest BCUT2D eigenvalue weighted by Crippen LogP contribution is 2.52. The number of carbonyl (C=O) groups excluding carboxylic acids is 2. The number of ether oxygens (including phenoxy) is 3. The van der Waals surface area contributed by atoms with E-state index < -0.39 is 5.91 Å². The number of rotatable bonds is 7. The number of amides is 2. The molecule has 2 aliphatic rings. The minimum Gasteiger partial charge on any atom is -0.496 e. The number of pyridine rings is 1. The number of carbonyl (C=O) groups is 2. The summed E-state index contributed by atoms with van der Waals surface area (Å²) in [5.41, 5.74) is 5.71. The Hall–Kier alpha value is -2.87. The molecule has 1 aromatic carbocycles. The Morgan fingerprint density at radius 3 is 2.81 bits per heavy atom. The molecule has 4 rings (SSSR count). The monoisotopic (exact) mass is 371 g/mol. The summed E-state index contributed by atoms with van der Waals surface area (Å²) in [6.07, 6.45) is 1.61. The average molecular weight is 371 g/mol. The van der Waals surface area contributed by atoms with E-state index in [9.17, 15) is 9.59 Å². The van der Waals surface area contributed by atoms with E-state index in [1.54, 1.807) is 31.5 Å². The molecule has 8 heteroatoms. The minimum atomic E-state index is -0.564. The predicted molar refractivity (Wildman–Crippen MR) is 96.6 cm³/mol. The maximum absolute atomic E-state index is 12.0. The maximum atomic E-state index is 12.0. The number of primary amides is 1. The van der Waals surface area contributed by atoms with E-state index in [-0.39, 0.29) is 29.7 Å². The van der Waals surface area contributed by atoms with E-state index in [0.29, 0.717) is 35.8 Å². The van der Waals surface area contributed by atoms with Crippen molar-refractivity contribution < 1.29 is 23.8 Å². The van der Waals surface area contributed by atoms with Gasteiger partial charge in [-0.05, 0) is 29.5 Å². The fraction of sp³-hybridized carbons (Fsp3) is 0.421. The Bertz CT molecular complexity index is 916. The van der Waals surface area contributed by atoms with Crippen LogP contribution in [0, 0.1) is 17.8 Å². The Balaban J connectivity index is 1.56. The number of methoxy groups -OCH3 is 2. The first kappa shape index (κ1) is 17.5. The standard InChI is InChI=1S/C19H21N3O5/c1-25-7-12-15-13(22-18(24)16(12)15)8-27-19-10-6-14(26-2)11(17(20)23)5-9(10)3-4-21-19/h3-6,12-13,15-16H,7-8H2,1-2H3,(H2,20,23)(H,22,24)/t12-,13+,15?,16+/m0/s1. The Kier molecular flexibility index (Phi) is 4.35. The lowest BCUT2D eigenvalue weighted by molar-refractivity contribution is -0.122. The summed E-state index contributed by atoms with van der Waals surface area (Å²) in [6.45, 7) is 0.901. The van der Waals surface area contributed by atoms with Crippen molar-refractivity contribution in [2.24, 2.45) is 23.5 Å². The van der Waals surface area contributed by atoms with Crippen LogP contribution in [0.15, 0.2) is 24.4 Å². The average Bonchev–Trinajstić information content (AvgIpc) is 3.27. The van der Waals surface area contributed by atoms with E-state index in [4.69, 9.17) is 19.9 Å². The van der Waals surface area contributed by atoms with Crippen molar-refractivity contribution in [1.29, 1.82) is 0 Å². The van der Waals surface area contributed by atoms with Crippen molar-refractivity contribution in [2.75, 3.05) is 27.4 Å². The molecule has 1 aromatic heterocycles. The van der Waals surface area contributed by atoms with Gasteiger partial charge in [0.25, 0.3) is 5.91 Å². The topological polar surface area (TPSA) is 113 Å². The van der Waals surface area contributed by atoms with Crippen LogP contribution < -0.4 is 20.5 Å². The molecular weight excluding hydrogens is 350 g/mol. The molecular formula is C19H21N3O5.